The number of anilines is 1. The molecule has 1 aromatic heterocycles. The van der Waals surface area contributed by atoms with Crippen molar-refractivity contribution >= 4 is 54.4 Å². The lowest BCUT2D eigenvalue weighted by Crippen LogP contribution is -2.41. The molecule has 1 atom stereocenters. The Morgan fingerprint density at radius 3 is 2.67 bits per heavy atom. The van der Waals surface area contributed by atoms with Crippen molar-refractivity contribution < 1.29 is 13.2 Å². The van der Waals surface area contributed by atoms with Crippen LogP contribution in [0.1, 0.15) is 36.5 Å². The number of thioether (sulfide) groups is 1. The number of nitrogens with one attached hydrogen (secondary N) is 1. The summed E-state index contributed by atoms with van der Waals surface area (Å²) in [6, 6.07) is 12.1. The molecule has 0 spiro atoms. The quantitative estimate of drug-likeness (QED) is 0.550. The monoisotopic (exact) mass is 461 g/mol. The fraction of sp³-hybridized carbons (Fsp3) is 0.333. The van der Waals surface area contributed by atoms with Crippen molar-refractivity contribution in [1.82, 2.24) is 9.29 Å². The van der Waals surface area contributed by atoms with E-state index in [1.807, 2.05) is 31.4 Å². The number of rotatable bonds is 5. The average Bonchev–Trinajstić information content (AvgIpc) is 3.16. The van der Waals surface area contributed by atoms with Gasteiger partial charge in [0, 0.05) is 23.0 Å². The predicted octanol–water partition coefficient (Wildman–Crippen LogP) is 4.83. The second-order valence-electron chi connectivity index (χ2n) is 7.27. The number of thiazole rings is 1. The Hall–Kier alpha value is -1.94. The molecule has 0 radical (unpaired) electrons. The van der Waals surface area contributed by atoms with Crippen LogP contribution in [0.4, 0.5) is 5.13 Å². The Morgan fingerprint density at radius 2 is 1.97 bits per heavy atom. The minimum atomic E-state index is -3.55. The first kappa shape index (κ1) is 21.3. The zero-order chi connectivity index (χ0) is 21.3. The van der Waals surface area contributed by atoms with E-state index >= 15 is 0 Å². The van der Waals surface area contributed by atoms with Crippen molar-refractivity contribution in [3.63, 3.8) is 0 Å². The highest BCUT2D eigenvalue weighted by atomic mass is 32.2. The molecule has 2 heterocycles. The summed E-state index contributed by atoms with van der Waals surface area (Å²) < 4.78 is 28.5. The van der Waals surface area contributed by atoms with Crippen LogP contribution in [0, 0.1) is 0 Å². The van der Waals surface area contributed by atoms with E-state index < -0.39 is 10.0 Å². The number of para-hydroxylation sites is 1. The molecule has 1 aliphatic heterocycles. The summed E-state index contributed by atoms with van der Waals surface area (Å²) in [6.45, 7) is 2.49. The first-order valence-electron chi connectivity index (χ1n) is 9.77. The lowest BCUT2D eigenvalue weighted by Gasteiger charge is -2.32. The number of benzene rings is 2. The van der Waals surface area contributed by atoms with Crippen molar-refractivity contribution in [3.05, 3.63) is 48.0 Å². The lowest BCUT2D eigenvalue weighted by molar-refractivity contribution is 0.102. The molecule has 1 amide bonds. The maximum Gasteiger partial charge on any atom is 0.257 e. The summed E-state index contributed by atoms with van der Waals surface area (Å²) in [4.78, 5) is 18.5. The number of nitrogens with zero attached hydrogens (tertiary/aromatic N) is 2. The summed E-state index contributed by atoms with van der Waals surface area (Å²) >= 11 is 3.03. The van der Waals surface area contributed by atoms with Crippen molar-refractivity contribution in [3.8, 4) is 0 Å². The van der Waals surface area contributed by atoms with Gasteiger partial charge in [0.05, 0.1) is 15.1 Å². The van der Waals surface area contributed by atoms with E-state index in [2.05, 4.69) is 10.3 Å². The number of fused-ring (bicyclic) bond motifs is 1. The van der Waals surface area contributed by atoms with Crippen LogP contribution in [-0.2, 0) is 10.0 Å². The second kappa shape index (κ2) is 8.66. The number of amides is 1. The number of piperidine rings is 1. The number of hydrogen-bond acceptors (Lipinski definition) is 6. The Kier molecular flexibility index (Phi) is 6.15. The average molecular weight is 462 g/mol. The largest absolute Gasteiger partial charge is 0.298 e. The number of carbonyl (C=O) groups is 1. The second-order valence-corrected chi connectivity index (χ2v) is 11.0. The van der Waals surface area contributed by atoms with Gasteiger partial charge in [0.15, 0.2) is 5.13 Å². The van der Waals surface area contributed by atoms with Gasteiger partial charge in [0.2, 0.25) is 10.0 Å². The highest BCUT2D eigenvalue weighted by Gasteiger charge is 2.30. The fourth-order valence-corrected chi connectivity index (χ4v) is 6.87. The van der Waals surface area contributed by atoms with E-state index in [1.54, 1.807) is 28.2 Å². The van der Waals surface area contributed by atoms with Gasteiger partial charge in [-0.25, -0.2) is 13.4 Å². The number of sulfonamides is 1. The van der Waals surface area contributed by atoms with E-state index in [9.17, 15) is 13.2 Å². The van der Waals surface area contributed by atoms with E-state index in [0.29, 0.717) is 17.2 Å². The van der Waals surface area contributed by atoms with Gasteiger partial charge in [-0.1, -0.05) is 23.8 Å². The summed E-state index contributed by atoms with van der Waals surface area (Å²) in [5.41, 5.74) is 1.27. The van der Waals surface area contributed by atoms with Crippen molar-refractivity contribution in [2.45, 2.75) is 42.0 Å². The van der Waals surface area contributed by atoms with Gasteiger partial charge in [-0.3, -0.25) is 10.1 Å². The van der Waals surface area contributed by atoms with Gasteiger partial charge >= 0.3 is 0 Å². The molecular formula is C21H23N3O3S3. The van der Waals surface area contributed by atoms with Crippen molar-refractivity contribution in [2.75, 3.05) is 18.1 Å². The molecule has 1 saturated heterocycles. The molecule has 158 valence electrons. The third kappa shape index (κ3) is 4.12. The van der Waals surface area contributed by atoms with Crippen LogP contribution in [-0.4, -0.2) is 42.5 Å². The first-order chi connectivity index (χ1) is 14.4. The Labute approximate surface area is 184 Å². The highest BCUT2D eigenvalue weighted by Crippen LogP contribution is 2.32. The minimum absolute atomic E-state index is 0.00284. The normalized spacial score (nSPS) is 17.9. The fourth-order valence-electron chi connectivity index (χ4n) is 3.65. The minimum Gasteiger partial charge on any atom is -0.298 e. The third-order valence-electron chi connectivity index (χ3n) is 5.29. The van der Waals surface area contributed by atoms with Crippen LogP contribution >= 0.6 is 23.1 Å². The topological polar surface area (TPSA) is 79.4 Å². The molecule has 3 aromatic rings. The van der Waals surface area contributed by atoms with Crippen LogP contribution < -0.4 is 5.32 Å². The Bertz CT molecular complexity index is 1170. The van der Waals surface area contributed by atoms with Gasteiger partial charge < -0.3 is 0 Å². The van der Waals surface area contributed by atoms with Crippen LogP contribution in [0.3, 0.4) is 0 Å². The van der Waals surface area contributed by atoms with Crippen LogP contribution in [0.5, 0.6) is 0 Å². The zero-order valence-electron chi connectivity index (χ0n) is 16.8. The number of carbonyl (C=O) groups excluding carboxylic acids is 1. The van der Waals surface area contributed by atoms with Gasteiger partial charge in [0.1, 0.15) is 0 Å². The van der Waals surface area contributed by atoms with Gasteiger partial charge in [0.25, 0.3) is 5.91 Å². The van der Waals surface area contributed by atoms with Crippen molar-refractivity contribution in [2.24, 2.45) is 0 Å². The highest BCUT2D eigenvalue weighted by molar-refractivity contribution is 7.98. The summed E-state index contributed by atoms with van der Waals surface area (Å²) in [5.74, 6) is -0.310. The molecule has 9 heteroatoms. The molecule has 1 unspecified atom stereocenters. The standard InChI is InChI=1S/C21H23N3O3S3/c1-14-6-3-4-13-24(14)30(26,27)16-11-9-15(10-12-16)20(25)23-21-22-19-17(28-2)7-5-8-18(19)29-21/h5,7-12,14H,3-4,6,13H2,1-2H3,(H,22,23,25). The smallest absolute Gasteiger partial charge is 0.257 e. The molecule has 0 aliphatic carbocycles. The maximum absolute atomic E-state index is 12.9. The van der Waals surface area contributed by atoms with Gasteiger partial charge in [-0.2, -0.15) is 4.31 Å². The lowest BCUT2D eigenvalue weighted by atomic mass is 10.1. The molecule has 4 rings (SSSR count). The Morgan fingerprint density at radius 1 is 1.20 bits per heavy atom. The van der Waals surface area contributed by atoms with E-state index in [1.165, 1.54) is 23.5 Å². The summed E-state index contributed by atoms with van der Waals surface area (Å²) in [6.07, 6.45) is 4.80. The van der Waals surface area contributed by atoms with Crippen LogP contribution in [0.2, 0.25) is 0 Å². The van der Waals surface area contributed by atoms with Crippen LogP contribution in [0.15, 0.2) is 52.3 Å². The molecule has 30 heavy (non-hydrogen) atoms. The van der Waals surface area contributed by atoms with Crippen molar-refractivity contribution in [1.29, 1.82) is 0 Å². The van der Waals surface area contributed by atoms with Crippen LogP contribution in [0.25, 0.3) is 10.2 Å². The van der Waals surface area contributed by atoms with E-state index in [4.69, 9.17) is 0 Å². The summed E-state index contributed by atoms with van der Waals surface area (Å²) in [7, 11) is -3.55. The summed E-state index contributed by atoms with van der Waals surface area (Å²) in [5, 5.41) is 3.35. The number of hydrogen-bond donors (Lipinski definition) is 1. The predicted molar refractivity (Wildman–Crippen MR) is 123 cm³/mol. The molecule has 0 bridgehead atoms. The molecule has 1 fully saturated rings. The SMILES string of the molecule is CSc1cccc2sc(NC(=O)c3ccc(S(=O)(=O)N4CCCCC4C)cc3)nc12. The molecule has 1 aliphatic rings. The third-order valence-corrected chi connectivity index (χ3v) is 9.02. The zero-order valence-corrected chi connectivity index (χ0v) is 19.2. The number of aromatic nitrogens is 1. The molecular weight excluding hydrogens is 438 g/mol. The molecule has 1 N–H and O–H groups in total. The van der Waals surface area contributed by atoms with E-state index in [-0.39, 0.29) is 16.8 Å². The van der Waals surface area contributed by atoms with E-state index in [0.717, 1.165) is 34.4 Å². The first-order valence-corrected chi connectivity index (χ1v) is 13.2. The van der Waals surface area contributed by atoms with Gasteiger partial charge in [-0.05, 0) is 62.4 Å². The molecule has 0 saturated carbocycles. The maximum atomic E-state index is 12.9. The Balaban J connectivity index is 1.52. The van der Waals surface area contributed by atoms with Gasteiger partial charge in [-0.15, -0.1) is 11.8 Å². The molecule has 2 aromatic carbocycles. The molecule has 6 nitrogen and oxygen atoms in total.